The lowest BCUT2D eigenvalue weighted by Gasteiger charge is -2.30. The number of aliphatic hydroxyl groups excluding tert-OH is 2. The highest BCUT2D eigenvalue weighted by Crippen LogP contribution is 2.22. The smallest absolute Gasteiger partial charge is 0.326 e. The summed E-state index contributed by atoms with van der Waals surface area (Å²) in [4.78, 5) is 291. The zero-order chi connectivity index (χ0) is 103. The Morgan fingerprint density at radius 2 is 1.09 bits per heavy atom. The number of imidazole rings is 1. The van der Waals surface area contributed by atoms with Gasteiger partial charge < -0.3 is 143 Å². The highest BCUT2D eigenvalue weighted by atomic mass is 16.4. The number of carbonyl (C=O) groups excluding carboxylic acids is 19. The van der Waals surface area contributed by atoms with E-state index in [9.17, 15) is 97.1 Å². The molecule has 138 heavy (non-hydrogen) atoms. The van der Waals surface area contributed by atoms with Gasteiger partial charge in [-0.25, -0.2) is 9.78 Å². The summed E-state index contributed by atoms with van der Waals surface area (Å²) in [7, 11) is 0. The van der Waals surface area contributed by atoms with Gasteiger partial charge in [0.15, 0.2) is 5.96 Å². The number of nitrogens with two attached hydrogens (primary N) is 3. The van der Waals surface area contributed by atoms with Gasteiger partial charge in [0, 0.05) is 67.6 Å². The fraction of sp³-hybridized carbons (Fsp3) is 0.573. The summed E-state index contributed by atoms with van der Waals surface area (Å²) in [5.74, 6) is -25.7. The number of aromatic amines is 2. The van der Waals surface area contributed by atoms with Crippen LogP contribution in [0.25, 0.3) is 10.9 Å². The quantitative estimate of drug-likeness (QED) is 0.0111. The van der Waals surface area contributed by atoms with Crippen LogP contribution >= 0.6 is 0 Å². The van der Waals surface area contributed by atoms with Gasteiger partial charge in [-0.15, -0.1) is 0 Å². The number of hydrogen-bond acceptors (Lipinski definition) is 25. The Balaban J connectivity index is 1.49. The number of rotatable bonds is 45. The van der Waals surface area contributed by atoms with Gasteiger partial charge in [-0.3, -0.25) is 96.5 Å². The van der Waals surface area contributed by atoms with Crippen molar-refractivity contribution < 1.29 is 116 Å². The summed E-state index contributed by atoms with van der Waals surface area (Å²) >= 11 is 0. The number of carbonyl (C=O) groups is 20. The van der Waals surface area contributed by atoms with E-state index < -0.39 is 310 Å². The normalized spacial score (nSPS) is 19.4. The molecule has 4 aromatic rings. The molecule has 1 aliphatic heterocycles. The molecule has 0 spiro atoms. The topological polar surface area (TPSA) is 785 Å². The molecule has 19 amide bonds. The number of para-hydroxylation sites is 1. The third-order valence-corrected chi connectivity index (χ3v) is 22.3. The molecule has 1 saturated heterocycles. The molecule has 31 N–H and O–H groups in total. The lowest BCUT2D eigenvalue weighted by Crippen LogP contribution is -2.62. The van der Waals surface area contributed by atoms with Crippen molar-refractivity contribution in [2.24, 2.45) is 52.7 Å². The number of H-pyrrole nitrogens is 2. The number of benzene rings is 2. The predicted molar refractivity (Wildman–Crippen MR) is 496 cm³/mol. The molecule has 49 heteroatoms. The minimum atomic E-state index is -1.96. The van der Waals surface area contributed by atoms with Crippen LogP contribution in [0.2, 0.25) is 0 Å². The third-order valence-electron chi connectivity index (χ3n) is 22.3. The molecule has 0 aliphatic carbocycles. The first kappa shape index (κ1) is 114. The predicted octanol–water partition coefficient (Wildman–Crippen LogP) is -6.50. The number of amides is 19. The SMILES string of the molecule is CC[C@H](C)[C@H](NC(=O)[C@@H](NC(=O)[C@H](CC(N)=O)NC(=O)[C@H](CO)NC(=O)[C@H](Cc1cnc[nH]1)NC(=O)CNC(=O)[C@@H](NC(=O)[C@H](Cc1c[nH]c2ccccc12)NC(=O)[C@@H]1CCC(=O)NCC(=O)N[C@@H](CO)C(=O)N[C@@H](CCC(N)=O)C(=O)N[C@@H](CC(C)C)C(=O)N[C@@H](C(C)C)C(=O)N[C@@H](Cc2ccc(O)cc2)C(=O)N[C@@H](CCCNC(=N)N)C(=O)N1)C(C)C)C(C)C)C(=O)N[C@@H](CC(C)C)C(=O)O. The second-order valence-corrected chi connectivity index (χ2v) is 35.7. The summed E-state index contributed by atoms with van der Waals surface area (Å²) in [6.07, 6.45) is -0.600. The Bertz CT molecular complexity index is 4910. The van der Waals surface area contributed by atoms with Crippen LogP contribution < -0.4 is 113 Å². The van der Waals surface area contributed by atoms with Crippen molar-refractivity contribution in [3.8, 4) is 5.75 Å². The number of hydrogen-bond donors (Lipinski definition) is 28. The van der Waals surface area contributed by atoms with Crippen molar-refractivity contribution in [1.82, 2.24) is 111 Å². The molecule has 16 atom stereocenters. The van der Waals surface area contributed by atoms with Crippen LogP contribution in [0.15, 0.2) is 67.3 Å². The van der Waals surface area contributed by atoms with E-state index in [0.29, 0.717) is 28.5 Å². The summed E-state index contributed by atoms with van der Waals surface area (Å²) < 4.78 is 0. The van der Waals surface area contributed by atoms with E-state index in [1.54, 1.807) is 79.7 Å². The number of guanidine groups is 1. The molecule has 0 bridgehead atoms. The Labute approximate surface area is 796 Å². The molecule has 1 fully saturated rings. The fourth-order valence-corrected chi connectivity index (χ4v) is 14.5. The van der Waals surface area contributed by atoms with Crippen LogP contribution in [-0.2, 0) is 115 Å². The van der Waals surface area contributed by atoms with Crippen LogP contribution in [0.4, 0.5) is 0 Å². The maximum atomic E-state index is 15.4. The number of primary amides is 2. The number of aromatic nitrogens is 3. The average Bonchev–Trinajstić information content (AvgIpc) is 1.63. The molecule has 1 aliphatic rings. The summed E-state index contributed by atoms with van der Waals surface area (Å²) in [6, 6.07) is -12.6. The van der Waals surface area contributed by atoms with E-state index in [1.807, 2.05) is 0 Å². The van der Waals surface area contributed by atoms with Crippen LogP contribution in [0.3, 0.4) is 0 Å². The van der Waals surface area contributed by atoms with Crippen molar-refractivity contribution in [3.05, 3.63) is 84.1 Å². The standard InChI is InChI=1S/C89H135N25O24/c1-13-47(12)73(87(136)109-62(88(137)138)30-43(4)5)114-86(135)72(46(10)11)113-81(130)61(34-66(91)119)107-83(132)64(40-116)110-78(127)60(33-50-36-94-41-99-50)100-69(122)38-98-84(133)70(44(6)7)111-80(129)59(32-49-35-96-53-18-15-14-17-52(49)53)106-76(125)56-25-27-67(120)97-37-68(121)101-63(39-115)82(131)104-55(24-26-65(90)118)75(124)105-57(29-42(2)3)79(128)112-71(45(8)9)85(134)108-58(31-48-20-22-51(117)23-21-48)77(126)102-54(74(123)103-56)19-16-28-95-89(92)93/h14-15,17-18,20-23,35-36,41-47,54-64,70-73,96,115-117H,13,16,19,24-34,37-40H2,1-12H3,(H2,90,118)(H2,91,119)(H,94,99)(H,97,120)(H,98,133)(H,100,122)(H,101,121)(H,102,126)(H,103,123)(H,104,131)(H,105,124)(H,106,125)(H,107,132)(H,108,134)(H,109,136)(H,110,127)(H,111,129)(H,112,128)(H,113,130)(H,114,135)(H,137,138)(H4,92,93,95)/t47-,54-,55-,56-,57-,58-,59-,60-,61-,62-,63-,64-,70-,71-,72-,73-/m0/s1. The van der Waals surface area contributed by atoms with Gasteiger partial charge in [0.2, 0.25) is 112 Å². The number of nitrogens with zero attached hydrogens (tertiary/aromatic N) is 1. The number of nitrogens with one attached hydrogen (secondary N) is 21. The number of aliphatic hydroxyl groups is 2. The minimum Gasteiger partial charge on any atom is -0.508 e. The first-order valence-corrected chi connectivity index (χ1v) is 45.5. The maximum absolute atomic E-state index is 15.4. The van der Waals surface area contributed by atoms with Gasteiger partial charge in [0.05, 0.1) is 39.1 Å². The van der Waals surface area contributed by atoms with Gasteiger partial charge in [0.25, 0.3) is 0 Å². The second kappa shape index (κ2) is 56.2. The average molecular weight is 1940 g/mol. The van der Waals surface area contributed by atoms with Gasteiger partial charge in [-0.2, -0.15) is 0 Å². The zero-order valence-corrected chi connectivity index (χ0v) is 79.3. The number of carboxylic acid groups (broad SMARTS) is 1. The first-order valence-electron chi connectivity index (χ1n) is 45.5. The van der Waals surface area contributed by atoms with Gasteiger partial charge in [-0.1, -0.05) is 120 Å². The molecule has 760 valence electrons. The molecular formula is C89H135N25O24. The summed E-state index contributed by atoms with van der Waals surface area (Å²) in [5.41, 5.74) is 18.1. The van der Waals surface area contributed by atoms with Crippen molar-refractivity contribution in [3.63, 3.8) is 0 Å². The van der Waals surface area contributed by atoms with Crippen molar-refractivity contribution in [2.45, 2.75) is 257 Å². The first-order chi connectivity index (χ1) is 65.0. The molecule has 49 nitrogen and oxygen atoms in total. The molecule has 2 aromatic heterocycles. The molecule has 3 heterocycles. The maximum Gasteiger partial charge on any atom is 0.326 e. The van der Waals surface area contributed by atoms with Gasteiger partial charge in [0.1, 0.15) is 96.4 Å². The molecule has 0 saturated carbocycles. The summed E-state index contributed by atoms with van der Waals surface area (Å²) in [6.45, 7) is 15.2. The van der Waals surface area contributed by atoms with E-state index in [1.165, 1.54) is 70.7 Å². The van der Waals surface area contributed by atoms with E-state index in [2.05, 4.69) is 111 Å². The molecule has 0 radical (unpaired) electrons. The van der Waals surface area contributed by atoms with E-state index in [-0.39, 0.29) is 61.9 Å². The number of fused-ring (bicyclic) bond motifs is 1. The lowest BCUT2D eigenvalue weighted by molar-refractivity contribution is -0.143. The number of aliphatic carboxylic acids is 1. The van der Waals surface area contributed by atoms with Crippen LogP contribution in [-0.4, -0.2) is 283 Å². The van der Waals surface area contributed by atoms with Crippen molar-refractivity contribution in [1.29, 1.82) is 5.41 Å². The number of phenolic OH excluding ortho intramolecular Hbond substituents is 1. The van der Waals surface area contributed by atoms with Crippen LogP contribution in [0.5, 0.6) is 5.75 Å². The Morgan fingerprint density at radius 1 is 0.536 bits per heavy atom. The second-order valence-electron chi connectivity index (χ2n) is 35.7. The number of carboxylic acids is 1. The molecule has 2 aromatic carbocycles. The highest BCUT2D eigenvalue weighted by molar-refractivity contribution is 6.02. The lowest BCUT2D eigenvalue weighted by atomic mass is 9.95. The Hall–Kier alpha value is -14.4. The van der Waals surface area contributed by atoms with Crippen LogP contribution in [0, 0.1) is 40.9 Å². The number of phenols is 1. The Kier molecular flexibility index (Phi) is 46.4. The van der Waals surface area contributed by atoms with Crippen LogP contribution in [0.1, 0.15) is 164 Å². The summed E-state index contributed by atoms with van der Waals surface area (Å²) in [5, 5.41) is 94.2. The molecular weight excluding hydrogens is 1800 g/mol. The minimum absolute atomic E-state index is 0.0625. The fourth-order valence-electron chi connectivity index (χ4n) is 14.5. The van der Waals surface area contributed by atoms with E-state index >= 15 is 19.2 Å². The Morgan fingerprint density at radius 3 is 1.67 bits per heavy atom. The molecule has 5 rings (SSSR count). The highest BCUT2D eigenvalue weighted by Gasteiger charge is 2.41. The van der Waals surface area contributed by atoms with Crippen molar-refractivity contribution >= 4 is 135 Å². The molecule has 0 unspecified atom stereocenters. The van der Waals surface area contributed by atoms with Crippen molar-refractivity contribution in [2.75, 3.05) is 32.8 Å². The van der Waals surface area contributed by atoms with E-state index in [0.717, 1.165) is 0 Å². The monoisotopic (exact) mass is 1940 g/mol. The zero-order valence-electron chi connectivity index (χ0n) is 79.3. The van der Waals surface area contributed by atoms with E-state index in [4.69, 9.17) is 22.6 Å². The third kappa shape index (κ3) is 38.0. The van der Waals surface area contributed by atoms with Gasteiger partial charge >= 0.3 is 5.97 Å². The largest absolute Gasteiger partial charge is 0.508 e. The number of aromatic hydroxyl groups is 1. The van der Waals surface area contributed by atoms with Gasteiger partial charge in [-0.05, 0) is 103 Å².